The first kappa shape index (κ1) is 20.6. The molecular weight excluding hydrogens is 348 g/mol. The van der Waals surface area contributed by atoms with Crippen LogP contribution in [0.2, 0.25) is 0 Å². The van der Waals surface area contributed by atoms with E-state index in [4.69, 9.17) is 10.3 Å². The van der Waals surface area contributed by atoms with Crippen LogP contribution in [0.15, 0.2) is 28.8 Å². The Bertz CT molecular complexity index is 732. The molecule has 0 aliphatic rings. The molecule has 0 aliphatic carbocycles. The van der Waals surface area contributed by atoms with E-state index in [1.165, 1.54) is 7.11 Å². The molecule has 1 atom stereocenters. The van der Waals surface area contributed by atoms with Gasteiger partial charge in [0.05, 0.1) is 25.3 Å². The third-order valence-electron chi connectivity index (χ3n) is 3.44. The molecule has 0 spiro atoms. The molecule has 9 heteroatoms. The molecule has 0 saturated heterocycles. The van der Waals surface area contributed by atoms with Crippen LogP contribution in [0, 0.1) is 5.92 Å². The van der Waals surface area contributed by atoms with Gasteiger partial charge in [-0.05, 0) is 18.1 Å². The van der Waals surface area contributed by atoms with E-state index >= 15 is 0 Å². The predicted molar refractivity (Wildman–Crippen MR) is 93.0 cm³/mol. The first-order valence-corrected chi connectivity index (χ1v) is 7.47. The second-order valence-electron chi connectivity index (χ2n) is 5.57. The van der Waals surface area contributed by atoms with Crippen LogP contribution in [0.1, 0.15) is 30.1 Å². The van der Waals surface area contributed by atoms with Gasteiger partial charge in [-0.25, -0.2) is 4.79 Å². The molecule has 2 aromatic rings. The average molecular weight is 369 g/mol. The van der Waals surface area contributed by atoms with E-state index in [9.17, 15) is 9.59 Å². The smallest absolute Gasteiger partial charge is 0.337 e. The Kier molecular flexibility index (Phi) is 7.53. The highest BCUT2D eigenvalue weighted by Gasteiger charge is 2.18. The Morgan fingerprint density at radius 1 is 1.36 bits per heavy atom. The van der Waals surface area contributed by atoms with E-state index in [1.807, 2.05) is 13.8 Å². The molecule has 0 fully saturated rings. The monoisotopic (exact) mass is 368 g/mol. The summed E-state index contributed by atoms with van der Waals surface area (Å²) in [4.78, 5) is 27.6. The summed E-state index contributed by atoms with van der Waals surface area (Å²) in [5.74, 6) is -0.131. The lowest BCUT2D eigenvalue weighted by molar-refractivity contribution is -0.123. The molecule has 1 heterocycles. The quantitative estimate of drug-likeness (QED) is 0.742. The summed E-state index contributed by atoms with van der Waals surface area (Å²) < 4.78 is 9.78. The van der Waals surface area contributed by atoms with E-state index in [1.54, 1.807) is 24.3 Å². The molecule has 3 N–H and O–H groups in total. The Morgan fingerprint density at radius 2 is 2.08 bits per heavy atom. The Hall–Kier alpha value is -2.45. The lowest BCUT2D eigenvalue weighted by Gasteiger charge is -2.14. The zero-order valence-electron chi connectivity index (χ0n) is 14.2. The van der Waals surface area contributed by atoms with Crippen LogP contribution >= 0.6 is 12.4 Å². The van der Waals surface area contributed by atoms with Gasteiger partial charge < -0.3 is 20.3 Å². The number of halogens is 1. The molecule has 0 radical (unpaired) electrons. The maximum absolute atomic E-state index is 11.8. The Balaban J connectivity index is 0.00000312. The number of rotatable bonds is 6. The fourth-order valence-corrected chi connectivity index (χ4v) is 1.93. The van der Waals surface area contributed by atoms with Gasteiger partial charge in [-0.3, -0.25) is 4.79 Å². The van der Waals surface area contributed by atoms with Crippen LogP contribution in [0.5, 0.6) is 0 Å². The number of carbonyl (C=O) groups excluding carboxylic acids is 2. The highest BCUT2D eigenvalue weighted by Crippen LogP contribution is 2.17. The molecule has 1 aromatic carbocycles. The summed E-state index contributed by atoms with van der Waals surface area (Å²) >= 11 is 0. The summed E-state index contributed by atoms with van der Waals surface area (Å²) in [5.41, 5.74) is 6.75. The third-order valence-corrected chi connectivity index (χ3v) is 3.44. The van der Waals surface area contributed by atoms with E-state index in [-0.39, 0.29) is 36.7 Å². The molecule has 8 nitrogen and oxygen atoms in total. The highest BCUT2D eigenvalue weighted by molar-refractivity contribution is 5.90. The number of aromatic nitrogens is 2. The molecule has 0 aliphatic heterocycles. The molecule has 1 amide bonds. The van der Waals surface area contributed by atoms with Crippen molar-refractivity contribution in [3.8, 4) is 11.4 Å². The number of benzene rings is 1. The summed E-state index contributed by atoms with van der Waals surface area (Å²) in [7, 11) is 1.31. The third kappa shape index (κ3) is 5.27. The maximum atomic E-state index is 11.8. The van der Waals surface area contributed by atoms with Gasteiger partial charge in [0.25, 0.3) is 0 Å². The lowest BCUT2D eigenvalue weighted by Crippen LogP contribution is -2.43. The number of carbonyl (C=O) groups is 2. The summed E-state index contributed by atoms with van der Waals surface area (Å²) in [6.45, 7) is 3.82. The first-order valence-electron chi connectivity index (χ1n) is 7.47. The summed E-state index contributed by atoms with van der Waals surface area (Å²) in [6.07, 6.45) is 0. The summed E-state index contributed by atoms with van der Waals surface area (Å²) in [5, 5.41) is 6.50. The largest absolute Gasteiger partial charge is 0.465 e. The van der Waals surface area contributed by atoms with Crippen LogP contribution in [-0.2, 0) is 16.1 Å². The van der Waals surface area contributed by atoms with Crippen molar-refractivity contribution in [1.82, 2.24) is 15.5 Å². The number of nitrogens with one attached hydrogen (secondary N) is 1. The Morgan fingerprint density at radius 3 is 2.72 bits per heavy atom. The van der Waals surface area contributed by atoms with Crippen molar-refractivity contribution in [3.63, 3.8) is 0 Å². The van der Waals surface area contributed by atoms with Gasteiger partial charge >= 0.3 is 5.97 Å². The maximum Gasteiger partial charge on any atom is 0.337 e. The van der Waals surface area contributed by atoms with Gasteiger partial charge in [-0.2, -0.15) is 4.98 Å². The molecule has 0 bridgehead atoms. The number of nitrogens with two attached hydrogens (primary N) is 1. The normalized spacial score (nSPS) is 11.6. The fourth-order valence-electron chi connectivity index (χ4n) is 1.93. The number of nitrogens with zero attached hydrogens (tertiary/aromatic N) is 2. The van der Waals surface area contributed by atoms with Crippen molar-refractivity contribution in [3.05, 3.63) is 35.7 Å². The predicted octanol–water partition coefficient (Wildman–Crippen LogP) is 1.54. The van der Waals surface area contributed by atoms with Gasteiger partial charge in [0.2, 0.25) is 17.6 Å². The van der Waals surface area contributed by atoms with Crippen LogP contribution in [-0.4, -0.2) is 35.2 Å². The molecule has 1 aromatic heterocycles. The average Bonchev–Trinajstić information content (AvgIpc) is 3.07. The van der Waals surface area contributed by atoms with E-state index in [0.717, 1.165) is 0 Å². The van der Waals surface area contributed by atoms with Crippen LogP contribution in [0.3, 0.4) is 0 Å². The topological polar surface area (TPSA) is 120 Å². The van der Waals surface area contributed by atoms with Crippen LogP contribution < -0.4 is 11.1 Å². The number of esters is 1. The van der Waals surface area contributed by atoms with Gasteiger partial charge in [-0.15, -0.1) is 12.4 Å². The van der Waals surface area contributed by atoms with Gasteiger partial charge in [0.1, 0.15) is 0 Å². The second-order valence-corrected chi connectivity index (χ2v) is 5.57. The van der Waals surface area contributed by atoms with Crippen molar-refractivity contribution in [1.29, 1.82) is 0 Å². The highest BCUT2D eigenvalue weighted by atomic mass is 35.5. The minimum Gasteiger partial charge on any atom is -0.465 e. The Labute approximate surface area is 151 Å². The molecular formula is C16H21ClN4O4. The van der Waals surface area contributed by atoms with Crippen molar-refractivity contribution < 1.29 is 18.8 Å². The first-order chi connectivity index (χ1) is 11.4. The van der Waals surface area contributed by atoms with Crippen molar-refractivity contribution in [2.75, 3.05) is 7.11 Å². The minimum absolute atomic E-state index is 0. The lowest BCUT2D eigenvalue weighted by atomic mass is 10.1. The standard InChI is InChI=1S/C16H20N4O4.ClH/c1-9(2)13(17)15(21)18-8-12-19-14(20-24-12)10-5-4-6-11(7-10)16(22)23-3;/h4-7,9,13H,8,17H2,1-3H3,(H,18,21);1H/t13-;/m0./s1. The van der Waals surface area contributed by atoms with Crippen LogP contribution in [0.4, 0.5) is 0 Å². The molecule has 136 valence electrons. The number of ether oxygens (including phenoxy) is 1. The van der Waals surface area contributed by atoms with E-state index < -0.39 is 12.0 Å². The second kappa shape index (κ2) is 9.14. The zero-order chi connectivity index (χ0) is 17.7. The van der Waals surface area contributed by atoms with Crippen molar-refractivity contribution in [2.24, 2.45) is 11.7 Å². The number of hydrogen-bond donors (Lipinski definition) is 2. The SMILES string of the molecule is COC(=O)c1cccc(-c2noc(CNC(=O)[C@@H](N)C(C)C)n2)c1.Cl. The number of amides is 1. The van der Waals surface area contributed by atoms with Gasteiger partial charge in [-0.1, -0.05) is 31.1 Å². The molecule has 2 rings (SSSR count). The van der Waals surface area contributed by atoms with Crippen molar-refractivity contribution >= 4 is 24.3 Å². The summed E-state index contributed by atoms with van der Waals surface area (Å²) in [6, 6.07) is 6.08. The molecule has 0 saturated carbocycles. The van der Waals surface area contributed by atoms with Gasteiger partial charge in [0.15, 0.2) is 0 Å². The fraction of sp³-hybridized carbons (Fsp3) is 0.375. The van der Waals surface area contributed by atoms with Gasteiger partial charge in [0, 0.05) is 5.56 Å². The zero-order valence-corrected chi connectivity index (χ0v) is 15.0. The van der Waals surface area contributed by atoms with E-state index in [2.05, 4.69) is 20.2 Å². The van der Waals surface area contributed by atoms with E-state index in [0.29, 0.717) is 17.0 Å². The number of methoxy groups -OCH3 is 1. The minimum atomic E-state index is -0.593. The van der Waals surface area contributed by atoms with Crippen molar-refractivity contribution in [2.45, 2.75) is 26.4 Å². The van der Waals surface area contributed by atoms with Crippen LogP contribution in [0.25, 0.3) is 11.4 Å². The molecule has 0 unspecified atom stereocenters. The molecule has 25 heavy (non-hydrogen) atoms. The number of hydrogen-bond acceptors (Lipinski definition) is 7.